The number of ether oxygens (including phenoxy) is 1. The van der Waals surface area contributed by atoms with Gasteiger partial charge in [-0.15, -0.1) is 10.2 Å². The van der Waals surface area contributed by atoms with Crippen LogP contribution in [0.25, 0.3) is 17.0 Å². The van der Waals surface area contributed by atoms with Gasteiger partial charge < -0.3 is 4.74 Å². The number of benzene rings is 1. The van der Waals surface area contributed by atoms with Crippen LogP contribution in [0.2, 0.25) is 5.02 Å². The number of carbonyl (C=O) groups excluding carboxylic acids is 1. The van der Waals surface area contributed by atoms with E-state index in [9.17, 15) is 9.59 Å². The number of hydrogen-bond acceptors (Lipinski definition) is 7. The standard InChI is InChI=1S/C19H15ClN6O3/c1-12-2-7-16-21-15(8-17(27)25(16)9-12)11-29-18(28)10-26-23-19(22-24-26)13-3-5-14(20)6-4-13/h2-9H,10-11H2,1H3. The molecule has 9 nitrogen and oxygen atoms in total. The van der Waals surface area contributed by atoms with Crippen LogP contribution in [0.3, 0.4) is 0 Å². The zero-order valence-electron chi connectivity index (χ0n) is 15.3. The van der Waals surface area contributed by atoms with E-state index in [0.29, 0.717) is 22.2 Å². The number of pyridine rings is 1. The number of tetrazole rings is 1. The molecule has 3 aromatic heterocycles. The number of nitrogens with zero attached hydrogens (tertiary/aromatic N) is 6. The summed E-state index contributed by atoms with van der Waals surface area (Å²) in [6, 6.07) is 11.9. The molecular weight excluding hydrogens is 396 g/mol. The van der Waals surface area contributed by atoms with Crippen LogP contribution in [-0.4, -0.2) is 35.6 Å². The molecule has 3 heterocycles. The molecule has 0 unspecified atom stereocenters. The van der Waals surface area contributed by atoms with E-state index in [1.54, 1.807) is 36.5 Å². The van der Waals surface area contributed by atoms with Crippen molar-refractivity contribution in [3.63, 3.8) is 0 Å². The third-order valence-corrected chi connectivity index (χ3v) is 4.32. The van der Waals surface area contributed by atoms with E-state index in [4.69, 9.17) is 16.3 Å². The number of rotatable bonds is 5. The molecule has 0 atom stereocenters. The third-order valence-electron chi connectivity index (χ3n) is 4.07. The Bertz CT molecular complexity index is 1250. The van der Waals surface area contributed by atoms with Crippen molar-refractivity contribution in [2.24, 2.45) is 0 Å². The van der Waals surface area contributed by atoms with Gasteiger partial charge in [-0.25, -0.2) is 9.78 Å². The van der Waals surface area contributed by atoms with Crippen molar-refractivity contribution in [3.05, 3.63) is 75.3 Å². The molecule has 0 saturated carbocycles. The highest BCUT2D eigenvalue weighted by Gasteiger charge is 2.11. The fourth-order valence-corrected chi connectivity index (χ4v) is 2.80. The molecule has 0 amide bonds. The van der Waals surface area contributed by atoms with Crippen molar-refractivity contribution < 1.29 is 9.53 Å². The summed E-state index contributed by atoms with van der Waals surface area (Å²) in [7, 11) is 0. The number of aryl methyl sites for hydroxylation is 1. The fraction of sp³-hybridized carbons (Fsp3) is 0.158. The van der Waals surface area contributed by atoms with Crippen molar-refractivity contribution in [2.45, 2.75) is 20.1 Å². The Morgan fingerprint density at radius 3 is 2.76 bits per heavy atom. The van der Waals surface area contributed by atoms with Crippen molar-refractivity contribution >= 4 is 23.2 Å². The number of aromatic nitrogens is 6. The van der Waals surface area contributed by atoms with Gasteiger partial charge in [0, 0.05) is 22.8 Å². The number of carbonyl (C=O) groups is 1. The van der Waals surface area contributed by atoms with Crippen molar-refractivity contribution in [3.8, 4) is 11.4 Å². The molecule has 0 aliphatic heterocycles. The van der Waals surface area contributed by atoms with Gasteiger partial charge in [0.1, 0.15) is 12.3 Å². The van der Waals surface area contributed by atoms with Crippen molar-refractivity contribution in [2.75, 3.05) is 0 Å². The molecule has 0 fully saturated rings. The van der Waals surface area contributed by atoms with Crippen LogP contribution in [0, 0.1) is 6.92 Å². The van der Waals surface area contributed by atoms with Crippen LogP contribution < -0.4 is 5.56 Å². The third kappa shape index (κ3) is 4.30. The minimum atomic E-state index is -0.573. The highest BCUT2D eigenvalue weighted by molar-refractivity contribution is 6.30. The smallest absolute Gasteiger partial charge is 0.330 e. The first-order chi connectivity index (χ1) is 14.0. The topological polar surface area (TPSA) is 104 Å². The quantitative estimate of drug-likeness (QED) is 0.464. The molecule has 146 valence electrons. The predicted octanol–water partition coefficient (Wildman–Crippen LogP) is 2.05. The maximum absolute atomic E-state index is 12.2. The summed E-state index contributed by atoms with van der Waals surface area (Å²) in [6.07, 6.45) is 1.70. The Hall–Kier alpha value is -3.59. The Labute approximate surface area is 169 Å². The Balaban J connectivity index is 1.40. The van der Waals surface area contributed by atoms with E-state index in [2.05, 4.69) is 20.4 Å². The minimum absolute atomic E-state index is 0.128. The molecule has 0 aliphatic carbocycles. The number of esters is 1. The lowest BCUT2D eigenvalue weighted by molar-refractivity contribution is -0.146. The highest BCUT2D eigenvalue weighted by atomic mass is 35.5. The van der Waals surface area contributed by atoms with Crippen LogP contribution in [0.15, 0.2) is 53.5 Å². The van der Waals surface area contributed by atoms with Gasteiger partial charge in [0.2, 0.25) is 5.82 Å². The summed E-state index contributed by atoms with van der Waals surface area (Å²) < 4.78 is 6.64. The molecule has 1 aromatic carbocycles. The molecule has 29 heavy (non-hydrogen) atoms. The lowest BCUT2D eigenvalue weighted by Gasteiger charge is -2.06. The van der Waals surface area contributed by atoms with Crippen LogP contribution >= 0.6 is 11.6 Å². The lowest BCUT2D eigenvalue weighted by atomic mass is 10.2. The zero-order valence-corrected chi connectivity index (χ0v) is 16.1. The minimum Gasteiger partial charge on any atom is -0.458 e. The van der Waals surface area contributed by atoms with Gasteiger partial charge in [-0.05, 0) is 48.0 Å². The lowest BCUT2D eigenvalue weighted by Crippen LogP contribution is -2.19. The maximum Gasteiger partial charge on any atom is 0.330 e. The summed E-state index contributed by atoms with van der Waals surface area (Å²) in [6.45, 7) is 1.54. The van der Waals surface area contributed by atoms with E-state index in [1.807, 2.05) is 13.0 Å². The van der Waals surface area contributed by atoms with Gasteiger partial charge in [0.25, 0.3) is 5.56 Å². The zero-order chi connectivity index (χ0) is 20.4. The molecule has 0 aliphatic rings. The van der Waals surface area contributed by atoms with Gasteiger partial charge in [-0.1, -0.05) is 17.7 Å². The van der Waals surface area contributed by atoms with E-state index in [1.165, 1.54) is 10.5 Å². The molecule has 0 bridgehead atoms. The van der Waals surface area contributed by atoms with Gasteiger partial charge in [0.15, 0.2) is 6.54 Å². The second-order valence-corrected chi connectivity index (χ2v) is 6.77. The molecule has 4 rings (SSSR count). The van der Waals surface area contributed by atoms with E-state index < -0.39 is 5.97 Å². The summed E-state index contributed by atoms with van der Waals surface area (Å²) in [4.78, 5) is 29.7. The Morgan fingerprint density at radius 2 is 1.97 bits per heavy atom. The normalized spacial score (nSPS) is 11.0. The molecule has 4 aromatic rings. The number of halogens is 1. The van der Waals surface area contributed by atoms with Crippen LogP contribution in [0.5, 0.6) is 0 Å². The first-order valence-electron chi connectivity index (χ1n) is 8.66. The predicted molar refractivity (Wildman–Crippen MR) is 104 cm³/mol. The number of hydrogen-bond donors (Lipinski definition) is 0. The molecule has 0 spiro atoms. The monoisotopic (exact) mass is 410 g/mol. The van der Waals surface area contributed by atoms with Gasteiger partial charge in [-0.2, -0.15) is 4.80 Å². The molecule has 0 radical (unpaired) electrons. The van der Waals surface area contributed by atoms with Gasteiger partial charge in [-0.3, -0.25) is 9.20 Å². The molecule has 0 saturated heterocycles. The van der Waals surface area contributed by atoms with Crippen LogP contribution in [0.1, 0.15) is 11.3 Å². The summed E-state index contributed by atoms with van der Waals surface area (Å²) in [5, 5.41) is 12.5. The first-order valence-corrected chi connectivity index (χ1v) is 9.04. The highest BCUT2D eigenvalue weighted by Crippen LogP contribution is 2.16. The van der Waals surface area contributed by atoms with E-state index in [0.717, 1.165) is 15.9 Å². The Morgan fingerprint density at radius 1 is 1.17 bits per heavy atom. The fourth-order valence-electron chi connectivity index (χ4n) is 2.67. The van der Waals surface area contributed by atoms with Gasteiger partial charge in [0.05, 0.1) is 5.69 Å². The Kier molecular flexibility index (Phi) is 5.05. The molecule has 10 heteroatoms. The van der Waals surface area contributed by atoms with E-state index in [-0.39, 0.29) is 18.7 Å². The largest absolute Gasteiger partial charge is 0.458 e. The van der Waals surface area contributed by atoms with Crippen molar-refractivity contribution in [1.29, 1.82) is 0 Å². The number of fused-ring (bicyclic) bond motifs is 1. The average molecular weight is 411 g/mol. The van der Waals surface area contributed by atoms with E-state index >= 15 is 0 Å². The SMILES string of the molecule is Cc1ccc2nc(COC(=O)Cn3nnc(-c4ccc(Cl)cc4)n3)cc(=O)n2c1. The second-order valence-electron chi connectivity index (χ2n) is 6.33. The summed E-state index contributed by atoms with van der Waals surface area (Å²) in [5.41, 5.74) is 2.28. The second kappa shape index (κ2) is 7.80. The first kappa shape index (κ1) is 18.8. The maximum atomic E-state index is 12.2. The van der Waals surface area contributed by atoms with Gasteiger partial charge >= 0.3 is 5.97 Å². The summed E-state index contributed by atoms with van der Waals surface area (Å²) in [5.74, 6) is -0.204. The average Bonchev–Trinajstić information content (AvgIpc) is 3.16. The molecular formula is C19H15ClN6O3. The van der Waals surface area contributed by atoms with Crippen LogP contribution in [-0.2, 0) is 22.7 Å². The van der Waals surface area contributed by atoms with Crippen LogP contribution in [0.4, 0.5) is 0 Å². The molecule has 0 N–H and O–H groups in total. The van der Waals surface area contributed by atoms with Crippen molar-refractivity contribution in [1.82, 2.24) is 29.6 Å². The summed E-state index contributed by atoms with van der Waals surface area (Å²) >= 11 is 5.86.